The van der Waals surface area contributed by atoms with Crippen LogP contribution in [0.15, 0.2) is 109 Å². The van der Waals surface area contributed by atoms with E-state index in [9.17, 15) is 5.26 Å². The highest BCUT2D eigenvalue weighted by Gasteiger charge is 2.36. The number of benzene rings is 5. The van der Waals surface area contributed by atoms with Crippen molar-refractivity contribution < 1.29 is 0 Å². The molecule has 6 rings (SSSR count). The molecule has 0 heterocycles. The largest absolute Gasteiger partial charge is 0.310 e. The van der Waals surface area contributed by atoms with Gasteiger partial charge in [0.25, 0.3) is 0 Å². The summed E-state index contributed by atoms with van der Waals surface area (Å²) in [4.78, 5) is 2.31. The quantitative estimate of drug-likeness (QED) is 0.149. The molecule has 0 amide bonds. The maximum absolute atomic E-state index is 9.41. The zero-order valence-corrected chi connectivity index (χ0v) is 26.9. The number of fused-ring (bicyclic) bond motifs is 3. The van der Waals surface area contributed by atoms with Gasteiger partial charge < -0.3 is 4.90 Å². The topological polar surface area (TPSA) is 27.0 Å². The zero-order chi connectivity index (χ0) is 30.4. The van der Waals surface area contributed by atoms with E-state index in [2.05, 4.69) is 148 Å². The van der Waals surface area contributed by atoms with Gasteiger partial charge in [-0.15, -0.1) is 0 Å². The van der Waals surface area contributed by atoms with Gasteiger partial charge in [-0.3, -0.25) is 0 Å². The Morgan fingerprint density at radius 2 is 1.14 bits per heavy atom. The van der Waals surface area contributed by atoms with E-state index in [0.717, 1.165) is 17.1 Å². The number of anilines is 3. The third kappa shape index (κ3) is 5.47. The van der Waals surface area contributed by atoms with Gasteiger partial charge in [-0.2, -0.15) is 5.26 Å². The summed E-state index contributed by atoms with van der Waals surface area (Å²) in [6.07, 6.45) is 4.41. The first-order valence-corrected chi connectivity index (χ1v) is 18.5. The van der Waals surface area contributed by atoms with Crippen LogP contribution in [0.3, 0.4) is 0 Å². The first-order valence-electron chi connectivity index (χ1n) is 15.0. The van der Waals surface area contributed by atoms with Crippen LogP contribution in [0.1, 0.15) is 47.2 Å². The van der Waals surface area contributed by atoms with Crippen molar-refractivity contribution in [3.8, 4) is 17.2 Å². The van der Waals surface area contributed by atoms with Crippen LogP contribution in [0.25, 0.3) is 23.3 Å². The van der Waals surface area contributed by atoms with E-state index in [1.807, 2.05) is 24.3 Å². The highest BCUT2D eigenvalue weighted by Crippen LogP contribution is 2.51. The minimum absolute atomic E-state index is 0.146. The van der Waals surface area contributed by atoms with Crippen LogP contribution < -0.4 is 10.1 Å². The average Bonchev–Trinajstić information content (AvgIpc) is 3.22. The van der Waals surface area contributed by atoms with Gasteiger partial charge in [0.05, 0.1) is 19.7 Å². The fourth-order valence-corrected chi connectivity index (χ4v) is 7.27. The lowest BCUT2D eigenvalue weighted by atomic mass is 9.81. The molecule has 0 saturated carbocycles. The molecule has 0 radical (unpaired) electrons. The Morgan fingerprint density at radius 1 is 0.628 bits per heavy atom. The van der Waals surface area contributed by atoms with Crippen LogP contribution in [0.2, 0.25) is 19.6 Å². The molecular formula is C40H38N2Si. The molecule has 0 bridgehead atoms. The van der Waals surface area contributed by atoms with E-state index in [4.69, 9.17) is 0 Å². The van der Waals surface area contributed by atoms with Crippen LogP contribution >= 0.6 is 0 Å². The molecule has 1 aliphatic carbocycles. The second kappa shape index (κ2) is 10.9. The number of nitriles is 1. The number of hydrogen-bond donors (Lipinski definition) is 0. The molecule has 0 spiro atoms. The predicted molar refractivity (Wildman–Crippen MR) is 186 cm³/mol. The predicted octanol–water partition coefficient (Wildman–Crippen LogP) is 10.4. The molecule has 5 aromatic rings. The van der Waals surface area contributed by atoms with Crippen molar-refractivity contribution in [2.75, 3.05) is 4.90 Å². The molecule has 0 N–H and O–H groups in total. The van der Waals surface area contributed by atoms with Crippen molar-refractivity contribution in [1.82, 2.24) is 0 Å². The summed E-state index contributed by atoms with van der Waals surface area (Å²) < 4.78 is 0. The smallest absolute Gasteiger partial charge is 0.0991 e. The zero-order valence-electron chi connectivity index (χ0n) is 25.9. The van der Waals surface area contributed by atoms with E-state index in [-0.39, 0.29) is 5.41 Å². The number of nitrogens with zero attached hydrogens (tertiary/aromatic N) is 2. The van der Waals surface area contributed by atoms with E-state index in [1.54, 1.807) is 0 Å². The monoisotopic (exact) mass is 574 g/mol. The number of hydrogen-bond acceptors (Lipinski definition) is 2. The van der Waals surface area contributed by atoms with E-state index in [0.29, 0.717) is 5.56 Å². The minimum Gasteiger partial charge on any atom is -0.310 e. The Kier molecular flexibility index (Phi) is 7.20. The van der Waals surface area contributed by atoms with Crippen molar-refractivity contribution in [1.29, 1.82) is 5.26 Å². The van der Waals surface area contributed by atoms with Gasteiger partial charge >= 0.3 is 0 Å². The van der Waals surface area contributed by atoms with Gasteiger partial charge in [0, 0.05) is 22.5 Å². The molecule has 212 valence electrons. The second-order valence-corrected chi connectivity index (χ2v) is 18.3. The Hall–Kier alpha value is -4.65. The Balaban J connectivity index is 1.40. The number of aryl methyl sites for hydroxylation is 1. The van der Waals surface area contributed by atoms with Gasteiger partial charge in [0.2, 0.25) is 0 Å². The molecule has 5 aromatic carbocycles. The SMILES string of the molecule is Cc1ccc(/C=C/c2ccc3c(c2)C(C)(C)c2cc(N(c4ccc(C#N)cc4)c4ccc([Si](C)(C)C)cc4)ccc2-3)cc1. The standard InChI is InChI=1S/C40H38N2Si/c1-28-7-9-29(10-8-28)11-12-30-15-23-36-37-24-20-34(26-39(37)40(2,3)38(36)25-30)42(32-16-13-31(27-41)14-17-32)33-18-21-35(22-19-33)43(4,5)6/h7-26H,1-6H3/b12-11+. The van der Waals surface area contributed by atoms with Crippen LogP contribution in [0.5, 0.6) is 0 Å². The molecule has 0 fully saturated rings. The molecule has 1 aliphatic rings. The summed E-state index contributed by atoms with van der Waals surface area (Å²) in [5, 5.41) is 10.9. The van der Waals surface area contributed by atoms with Crippen LogP contribution in [0.4, 0.5) is 17.1 Å². The summed E-state index contributed by atoms with van der Waals surface area (Å²) in [5.41, 5.74) is 12.8. The van der Waals surface area contributed by atoms with Crippen molar-refractivity contribution in [2.24, 2.45) is 0 Å². The second-order valence-electron chi connectivity index (χ2n) is 13.2. The molecular weight excluding hydrogens is 537 g/mol. The normalized spacial score (nSPS) is 13.4. The molecule has 0 atom stereocenters. The lowest BCUT2D eigenvalue weighted by molar-refractivity contribution is 0.660. The maximum atomic E-state index is 9.41. The highest BCUT2D eigenvalue weighted by molar-refractivity contribution is 6.88. The van der Waals surface area contributed by atoms with Gasteiger partial charge in [-0.05, 0) is 88.8 Å². The molecule has 0 aliphatic heterocycles. The van der Waals surface area contributed by atoms with Crippen LogP contribution in [-0.4, -0.2) is 8.07 Å². The summed E-state index contributed by atoms with van der Waals surface area (Å²) >= 11 is 0. The Labute approximate surface area is 257 Å². The van der Waals surface area contributed by atoms with E-state index >= 15 is 0 Å². The fourth-order valence-electron chi connectivity index (χ4n) is 6.10. The minimum atomic E-state index is -1.42. The molecule has 0 unspecified atom stereocenters. The van der Waals surface area contributed by atoms with Crippen molar-refractivity contribution in [3.63, 3.8) is 0 Å². The Morgan fingerprint density at radius 3 is 1.74 bits per heavy atom. The molecule has 2 nitrogen and oxygen atoms in total. The third-order valence-corrected chi connectivity index (χ3v) is 10.8. The summed E-state index contributed by atoms with van der Waals surface area (Å²) in [6.45, 7) is 13.9. The first kappa shape index (κ1) is 28.5. The Bertz CT molecular complexity index is 1860. The number of rotatable bonds is 6. The van der Waals surface area contributed by atoms with E-state index in [1.165, 1.54) is 44.1 Å². The molecule has 43 heavy (non-hydrogen) atoms. The van der Waals surface area contributed by atoms with E-state index < -0.39 is 8.07 Å². The molecule has 0 saturated heterocycles. The average molecular weight is 575 g/mol. The summed E-state index contributed by atoms with van der Waals surface area (Å²) in [6, 6.07) is 41.6. The van der Waals surface area contributed by atoms with Crippen molar-refractivity contribution in [3.05, 3.63) is 143 Å². The van der Waals surface area contributed by atoms with Crippen LogP contribution in [0, 0.1) is 18.3 Å². The van der Waals surface area contributed by atoms with Crippen LogP contribution in [-0.2, 0) is 5.41 Å². The summed E-state index contributed by atoms with van der Waals surface area (Å²) in [5.74, 6) is 0. The van der Waals surface area contributed by atoms with Gasteiger partial charge in [0.15, 0.2) is 0 Å². The van der Waals surface area contributed by atoms with Crippen molar-refractivity contribution in [2.45, 2.75) is 45.8 Å². The van der Waals surface area contributed by atoms with Gasteiger partial charge in [0.1, 0.15) is 0 Å². The first-order chi connectivity index (χ1) is 20.5. The fraction of sp³-hybridized carbons (Fsp3) is 0.175. The van der Waals surface area contributed by atoms with Crippen molar-refractivity contribution >= 4 is 42.5 Å². The molecule has 0 aromatic heterocycles. The molecule has 3 heteroatoms. The third-order valence-electron chi connectivity index (χ3n) is 8.73. The lowest BCUT2D eigenvalue weighted by Gasteiger charge is -2.29. The van der Waals surface area contributed by atoms with Gasteiger partial charge in [-0.1, -0.05) is 117 Å². The van der Waals surface area contributed by atoms with Gasteiger partial charge in [-0.25, -0.2) is 0 Å². The highest BCUT2D eigenvalue weighted by atomic mass is 28.3. The maximum Gasteiger partial charge on any atom is 0.0991 e. The lowest BCUT2D eigenvalue weighted by Crippen LogP contribution is -2.37. The summed E-state index contributed by atoms with van der Waals surface area (Å²) in [7, 11) is -1.42.